The van der Waals surface area contributed by atoms with Gasteiger partial charge in [0.05, 0.1) is 20.6 Å². The van der Waals surface area contributed by atoms with E-state index in [1.165, 1.54) is 14.2 Å². The first-order valence-electron chi connectivity index (χ1n) is 5.69. The molecule has 0 heterocycles. The number of carbonyl (C=O) groups is 1. The second-order valence-electron chi connectivity index (χ2n) is 4.58. The second-order valence-corrected chi connectivity index (χ2v) is 4.58. The van der Waals surface area contributed by atoms with Gasteiger partial charge in [-0.05, 0) is 30.5 Å². The predicted octanol–water partition coefficient (Wildman–Crippen LogP) is 1.92. The molecule has 0 aliphatic heterocycles. The fraction of sp³-hybridized carbons (Fsp3) is 0.462. The molecule has 0 aromatic heterocycles. The molecule has 1 aliphatic rings. The Kier molecular flexibility index (Phi) is 3.07. The molecule has 0 unspecified atom stereocenters. The molecule has 0 bridgehead atoms. The van der Waals surface area contributed by atoms with Gasteiger partial charge >= 0.3 is 5.97 Å². The molecule has 1 aliphatic carbocycles. The van der Waals surface area contributed by atoms with E-state index >= 15 is 0 Å². The fourth-order valence-electron chi connectivity index (χ4n) is 2.26. The standard InChI is InChI=1S/C13H16O5/c1-17-10-6-8(5-9(14)12(10)18-2)13(3-4-13)7-11(15)16/h5-6,14H,3-4,7H2,1-2H3,(H,15,16). The Labute approximate surface area is 105 Å². The zero-order valence-corrected chi connectivity index (χ0v) is 10.4. The van der Waals surface area contributed by atoms with Crippen LogP contribution in [0, 0.1) is 0 Å². The molecule has 98 valence electrons. The number of ether oxygens (including phenoxy) is 2. The van der Waals surface area contributed by atoms with Gasteiger partial charge < -0.3 is 19.7 Å². The number of phenols is 1. The van der Waals surface area contributed by atoms with Gasteiger partial charge in [-0.25, -0.2) is 0 Å². The molecular formula is C13H16O5. The number of benzene rings is 1. The molecule has 1 saturated carbocycles. The summed E-state index contributed by atoms with van der Waals surface area (Å²) >= 11 is 0. The monoisotopic (exact) mass is 252 g/mol. The third-order valence-corrected chi connectivity index (χ3v) is 3.41. The summed E-state index contributed by atoms with van der Waals surface area (Å²) in [6.45, 7) is 0. The number of hydrogen-bond acceptors (Lipinski definition) is 4. The van der Waals surface area contributed by atoms with Crippen molar-refractivity contribution in [1.29, 1.82) is 0 Å². The van der Waals surface area contributed by atoms with E-state index in [1.54, 1.807) is 12.1 Å². The van der Waals surface area contributed by atoms with Gasteiger partial charge in [-0.2, -0.15) is 0 Å². The van der Waals surface area contributed by atoms with Crippen molar-refractivity contribution >= 4 is 5.97 Å². The van der Waals surface area contributed by atoms with Crippen LogP contribution in [-0.4, -0.2) is 30.4 Å². The van der Waals surface area contributed by atoms with Gasteiger partial charge in [0, 0.05) is 5.41 Å². The van der Waals surface area contributed by atoms with Crippen molar-refractivity contribution in [3.05, 3.63) is 17.7 Å². The Morgan fingerprint density at radius 2 is 2.00 bits per heavy atom. The smallest absolute Gasteiger partial charge is 0.304 e. The fourth-order valence-corrected chi connectivity index (χ4v) is 2.26. The Bertz CT molecular complexity index is 477. The normalized spacial score (nSPS) is 16.1. The lowest BCUT2D eigenvalue weighted by molar-refractivity contribution is -0.137. The highest BCUT2D eigenvalue weighted by molar-refractivity contribution is 5.70. The van der Waals surface area contributed by atoms with Crippen molar-refractivity contribution in [3.63, 3.8) is 0 Å². The highest BCUT2D eigenvalue weighted by atomic mass is 16.5. The van der Waals surface area contributed by atoms with E-state index in [2.05, 4.69) is 0 Å². The van der Waals surface area contributed by atoms with Crippen molar-refractivity contribution in [3.8, 4) is 17.2 Å². The molecular weight excluding hydrogens is 236 g/mol. The first kappa shape index (κ1) is 12.5. The van der Waals surface area contributed by atoms with E-state index in [4.69, 9.17) is 14.6 Å². The van der Waals surface area contributed by atoms with E-state index in [0.29, 0.717) is 5.75 Å². The van der Waals surface area contributed by atoms with E-state index in [-0.39, 0.29) is 23.3 Å². The van der Waals surface area contributed by atoms with Crippen molar-refractivity contribution in [2.45, 2.75) is 24.7 Å². The van der Waals surface area contributed by atoms with Crippen LogP contribution in [0.4, 0.5) is 0 Å². The summed E-state index contributed by atoms with van der Waals surface area (Å²) in [6.07, 6.45) is 1.70. The van der Waals surface area contributed by atoms with Gasteiger partial charge in [0.1, 0.15) is 0 Å². The lowest BCUT2D eigenvalue weighted by atomic mass is 9.92. The first-order chi connectivity index (χ1) is 8.52. The van der Waals surface area contributed by atoms with Gasteiger partial charge in [-0.3, -0.25) is 4.79 Å². The molecule has 0 spiro atoms. The SMILES string of the molecule is COc1cc(C2(CC(=O)O)CC2)cc(O)c1OC. The summed E-state index contributed by atoms with van der Waals surface area (Å²) in [5, 5.41) is 18.8. The number of hydrogen-bond donors (Lipinski definition) is 2. The number of aliphatic carboxylic acids is 1. The minimum absolute atomic E-state index is 0.0245. The zero-order chi connectivity index (χ0) is 13.3. The maximum Gasteiger partial charge on any atom is 0.304 e. The van der Waals surface area contributed by atoms with E-state index in [9.17, 15) is 9.90 Å². The number of carboxylic acid groups (broad SMARTS) is 1. The van der Waals surface area contributed by atoms with Crippen LogP contribution in [0.1, 0.15) is 24.8 Å². The molecule has 5 heteroatoms. The van der Waals surface area contributed by atoms with Crippen LogP contribution < -0.4 is 9.47 Å². The highest BCUT2D eigenvalue weighted by Gasteiger charge is 2.46. The quantitative estimate of drug-likeness (QED) is 0.837. The van der Waals surface area contributed by atoms with Crippen LogP contribution in [0.25, 0.3) is 0 Å². The van der Waals surface area contributed by atoms with Crippen LogP contribution in [-0.2, 0) is 10.2 Å². The van der Waals surface area contributed by atoms with E-state index < -0.39 is 5.97 Å². The summed E-state index contributed by atoms with van der Waals surface area (Å²) in [5.74, 6) is -0.165. The number of aromatic hydroxyl groups is 1. The molecule has 0 atom stereocenters. The van der Waals surface area contributed by atoms with Crippen LogP contribution in [0.5, 0.6) is 17.2 Å². The molecule has 0 radical (unpaired) electrons. The number of rotatable bonds is 5. The summed E-state index contributed by atoms with van der Waals surface area (Å²) in [7, 11) is 2.93. The summed E-state index contributed by atoms with van der Waals surface area (Å²) in [4.78, 5) is 10.9. The molecule has 18 heavy (non-hydrogen) atoms. The lowest BCUT2D eigenvalue weighted by Gasteiger charge is -2.17. The number of phenolic OH excluding ortho intramolecular Hbond substituents is 1. The lowest BCUT2D eigenvalue weighted by Crippen LogP contribution is -2.13. The third kappa shape index (κ3) is 2.08. The topological polar surface area (TPSA) is 76.0 Å². The zero-order valence-electron chi connectivity index (χ0n) is 10.4. The second kappa shape index (κ2) is 4.40. The Morgan fingerprint density at radius 1 is 1.33 bits per heavy atom. The van der Waals surface area contributed by atoms with Crippen LogP contribution in [0.15, 0.2) is 12.1 Å². The van der Waals surface area contributed by atoms with Crippen LogP contribution in [0.3, 0.4) is 0 Å². The molecule has 2 N–H and O–H groups in total. The summed E-state index contributed by atoms with van der Waals surface area (Å²) in [6, 6.07) is 3.31. The van der Waals surface area contributed by atoms with Gasteiger partial charge in [-0.1, -0.05) is 0 Å². The van der Waals surface area contributed by atoms with Gasteiger partial charge in [0.15, 0.2) is 11.5 Å². The maximum absolute atomic E-state index is 10.9. The third-order valence-electron chi connectivity index (χ3n) is 3.41. The Balaban J connectivity index is 2.41. The molecule has 5 nitrogen and oxygen atoms in total. The number of methoxy groups -OCH3 is 2. The van der Waals surface area contributed by atoms with Gasteiger partial charge in [0.2, 0.25) is 5.75 Å². The predicted molar refractivity (Wildman–Crippen MR) is 64.4 cm³/mol. The molecule has 0 amide bonds. The van der Waals surface area contributed by atoms with Crippen LogP contribution >= 0.6 is 0 Å². The highest BCUT2D eigenvalue weighted by Crippen LogP contribution is 2.54. The number of carboxylic acids is 1. The minimum atomic E-state index is -0.832. The average molecular weight is 252 g/mol. The minimum Gasteiger partial charge on any atom is -0.504 e. The average Bonchev–Trinajstić information content (AvgIpc) is 3.07. The van der Waals surface area contributed by atoms with E-state index in [0.717, 1.165) is 18.4 Å². The molecule has 1 fully saturated rings. The van der Waals surface area contributed by atoms with Gasteiger partial charge in [0.25, 0.3) is 0 Å². The first-order valence-corrected chi connectivity index (χ1v) is 5.69. The Hall–Kier alpha value is -1.91. The molecule has 1 aromatic rings. The summed E-state index contributed by atoms with van der Waals surface area (Å²) < 4.78 is 10.2. The van der Waals surface area contributed by atoms with Crippen LogP contribution in [0.2, 0.25) is 0 Å². The van der Waals surface area contributed by atoms with Crippen molar-refractivity contribution < 1.29 is 24.5 Å². The molecule has 0 saturated heterocycles. The van der Waals surface area contributed by atoms with Gasteiger partial charge in [-0.15, -0.1) is 0 Å². The van der Waals surface area contributed by atoms with Crippen molar-refractivity contribution in [2.24, 2.45) is 0 Å². The maximum atomic E-state index is 10.9. The Morgan fingerprint density at radius 3 is 2.44 bits per heavy atom. The van der Waals surface area contributed by atoms with Crippen molar-refractivity contribution in [2.75, 3.05) is 14.2 Å². The van der Waals surface area contributed by atoms with Crippen molar-refractivity contribution in [1.82, 2.24) is 0 Å². The molecule has 1 aromatic carbocycles. The summed E-state index contributed by atoms with van der Waals surface area (Å²) in [5.41, 5.74) is 0.433. The largest absolute Gasteiger partial charge is 0.504 e. The van der Waals surface area contributed by atoms with E-state index in [1.807, 2.05) is 0 Å². The molecule has 2 rings (SSSR count).